The molecule has 3 heterocycles. The van der Waals surface area contributed by atoms with Crippen molar-refractivity contribution in [3.05, 3.63) is 73.1 Å². The fourth-order valence-electron chi connectivity index (χ4n) is 3.62. The molecule has 0 aliphatic rings. The molecule has 0 amide bonds. The molecule has 0 saturated carbocycles. The summed E-state index contributed by atoms with van der Waals surface area (Å²) in [7, 11) is 4.10. The van der Waals surface area contributed by atoms with Crippen molar-refractivity contribution in [2.45, 2.75) is 4.90 Å². The predicted octanol–water partition coefficient (Wildman–Crippen LogP) is 2.42. The van der Waals surface area contributed by atoms with Crippen molar-refractivity contribution in [1.29, 1.82) is 0 Å². The molecular weight excluding hydrogens is 367 g/mol. The van der Waals surface area contributed by atoms with Gasteiger partial charge < -0.3 is 9.12 Å². The van der Waals surface area contributed by atoms with Gasteiger partial charge in [0.2, 0.25) is 0 Å². The topological polar surface area (TPSA) is 58.7 Å². The van der Waals surface area contributed by atoms with Crippen molar-refractivity contribution in [2.24, 2.45) is 7.05 Å². The summed E-state index contributed by atoms with van der Waals surface area (Å²) in [5.41, 5.74) is 4.78. The Bertz CT molecular complexity index is 1310. The van der Waals surface area contributed by atoms with E-state index >= 15 is 0 Å². The summed E-state index contributed by atoms with van der Waals surface area (Å²) in [4.78, 5) is 10.1. The van der Waals surface area contributed by atoms with Crippen molar-refractivity contribution in [1.82, 2.24) is 18.5 Å². The molecule has 1 atom stereocenters. The molecule has 0 radical (unpaired) electrons. The summed E-state index contributed by atoms with van der Waals surface area (Å²) < 4.78 is 16.8. The third-order valence-corrected chi connectivity index (χ3v) is 6.35. The van der Waals surface area contributed by atoms with Crippen molar-refractivity contribution in [2.75, 3.05) is 0 Å². The van der Waals surface area contributed by atoms with E-state index < -0.39 is 11.4 Å². The maximum Gasteiger partial charge on any atom is 0.188 e. The summed E-state index contributed by atoms with van der Waals surface area (Å²) >= 11 is -1.35. The molecule has 5 rings (SSSR count). The minimum atomic E-state index is -1.35. The van der Waals surface area contributed by atoms with E-state index in [0.29, 0.717) is 5.65 Å². The van der Waals surface area contributed by atoms with Crippen LogP contribution in [0.2, 0.25) is 0 Å². The molecule has 2 aromatic carbocycles. The molecule has 5 nitrogen and oxygen atoms in total. The van der Waals surface area contributed by atoms with Crippen LogP contribution >= 0.6 is 0 Å². The minimum Gasteiger partial charge on any atom is -0.587 e. The molecule has 1 unspecified atom stereocenters. The van der Waals surface area contributed by atoms with Gasteiger partial charge in [0.15, 0.2) is 10.5 Å². The molecule has 0 spiro atoms. The van der Waals surface area contributed by atoms with Crippen LogP contribution in [0.15, 0.2) is 78.0 Å². The number of aromatic nitrogens is 4. The molecule has 0 aliphatic carbocycles. The summed E-state index contributed by atoms with van der Waals surface area (Å²) in [6.45, 7) is 0. The van der Waals surface area contributed by atoms with Crippen LogP contribution in [0.4, 0.5) is 0 Å². The number of nitrogens with zero attached hydrogens (tertiary/aromatic N) is 4. The van der Waals surface area contributed by atoms with Gasteiger partial charge in [-0.1, -0.05) is 47.9 Å². The number of rotatable bonds is 3. The van der Waals surface area contributed by atoms with Crippen LogP contribution in [0, 0.1) is 0 Å². The van der Waals surface area contributed by atoms with Gasteiger partial charge in [-0.05, 0) is 18.2 Å². The number of imidazole rings is 1. The lowest BCUT2D eigenvalue weighted by Crippen LogP contribution is -2.12. The minimum absolute atomic E-state index is 0.689. The number of fused-ring (bicyclic) bond motifs is 3. The smallest absolute Gasteiger partial charge is 0.188 e. The SMILES string of the molecule is Bc1ccccc1-c1nc2cnc3c(ccn3[S+]([O-])c3ccccc3)c2n1C. The second kappa shape index (κ2) is 6.54. The standard InChI is InChI=1S/C21H17BN4OS/c1-25-19-16-11-12-26(28(27)14-7-3-2-4-8-14)20(16)23-13-18(19)24-21(25)15-9-5-6-10-17(15)22/h2-13H,22H2,1H3. The molecule has 0 N–H and O–H groups in total. The zero-order valence-corrected chi connectivity index (χ0v) is 16.4. The number of aryl methyl sites for hydroxylation is 1. The van der Waals surface area contributed by atoms with Gasteiger partial charge in [-0.25, -0.2) is 9.97 Å². The average Bonchev–Trinajstić information content (AvgIpc) is 3.29. The second-order valence-electron chi connectivity index (χ2n) is 6.74. The Morgan fingerprint density at radius 1 is 1.00 bits per heavy atom. The van der Waals surface area contributed by atoms with Crippen LogP contribution in [0.3, 0.4) is 0 Å². The van der Waals surface area contributed by atoms with E-state index in [2.05, 4.69) is 29.5 Å². The quantitative estimate of drug-likeness (QED) is 0.355. The van der Waals surface area contributed by atoms with Crippen molar-refractivity contribution in [3.8, 4) is 11.4 Å². The Labute approximate surface area is 166 Å². The van der Waals surface area contributed by atoms with Crippen molar-refractivity contribution < 1.29 is 4.55 Å². The molecular formula is C21H17BN4OS. The van der Waals surface area contributed by atoms with Gasteiger partial charge in [0.1, 0.15) is 30.5 Å². The summed E-state index contributed by atoms with van der Waals surface area (Å²) in [5.74, 6) is 0.902. The lowest BCUT2D eigenvalue weighted by molar-refractivity contribution is 0.587. The van der Waals surface area contributed by atoms with E-state index in [0.717, 1.165) is 32.7 Å². The number of pyridine rings is 1. The first kappa shape index (κ1) is 17.1. The molecule has 136 valence electrons. The van der Waals surface area contributed by atoms with E-state index in [1.54, 1.807) is 10.2 Å². The molecule has 0 bridgehead atoms. The Morgan fingerprint density at radius 2 is 1.75 bits per heavy atom. The third-order valence-electron chi connectivity index (χ3n) is 5.02. The highest BCUT2D eigenvalue weighted by atomic mass is 32.2. The van der Waals surface area contributed by atoms with Crippen molar-refractivity contribution in [3.63, 3.8) is 0 Å². The normalized spacial score (nSPS) is 12.6. The maximum atomic E-state index is 13.0. The van der Waals surface area contributed by atoms with Gasteiger partial charge in [-0.3, -0.25) is 0 Å². The zero-order chi connectivity index (χ0) is 19.3. The van der Waals surface area contributed by atoms with E-state index in [9.17, 15) is 4.55 Å². The van der Waals surface area contributed by atoms with Crippen LogP contribution in [0.1, 0.15) is 0 Å². The summed E-state index contributed by atoms with van der Waals surface area (Å²) in [6, 6.07) is 19.6. The summed E-state index contributed by atoms with van der Waals surface area (Å²) in [5, 5.41) is 0.941. The number of hydrogen-bond acceptors (Lipinski definition) is 3. The zero-order valence-electron chi connectivity index (χ0n) is 15.5. The van der Waals surface area contributed by atoms with Crippen LogP contribution < -0.4 is 5.46 Å². The van der Waals surface area contributed by atoms with Crippen LogP contribution in [-0.4, -0.2) is 30.9 Å². The molecule has 0 saturated heterocycles. The monoisotopic (exact) mass is 384 g/mol. The molecule has 0 fully saturated rings. The second-order valence-corrected chi connectivity index (χ2v) is 8.11. The van der Waals surface area contributed by atoms with Gasteiger partial charge in [0.25, 0.3) is 0 Å². The molecule has 3 aromatic heterocycles. The van der Waals surface area contributed by atoms with Crippen LogP contribution in [0.25, 0.3) is 33.5 Å². The van der Waals surface area contributed by atoms with Gasteiger partial charge in [-0.2, -0.15) is 0 Å². The van der Waals surface area contributed by atoms with Crippen LogP contribution in [0.5, 0.6) is 0 Å². The largest absolute Gasteiger partial charge is 0.587 e. The lowest BCUT2D eigenvalue weighted by Gasteiger charge is -2.10. The first-order valence-corrected chi connectivity index (χ1v) is 10.1. The molecule has 28 heavy (non-hydrogen) atoms. The van der Waals surface area contributed by atoms with E-state index in [-0.39, 0.29) is 0 Å². The van der Waals surface area contributed by atoms with Crippen molar-refractivity contribution >= 4 is 46.7 Å². The molecule has 7 heteroatoms. The van der Waals surface area contributed by atoms with E-state index in [1.165, 1.54) is 5.46 Å². The van der Waals surface area contributed by atoms with Crippen LogP contribution in [-0.2, 0) is 18.4 Å². The number of hydrogen-bond donors (Lipinski definition) is 0. The molecule has 0 aliphatic heterocycles. The Morgan fingerprint density at radius 3 is 2.54 bits per heavy atom. The first-order valence-electron chi connectivity index (χ1n) is 9.01. The molecule has 5 aromatic rings. The van der Waals surface area contributed by atoms with Gasteiger partial charge in [0, 0.05) is 18.0 Å². The van der Waals surface area contributed by atoms with Gasteiger partial charge >= 0.3 is 0 Å². The predicted molar refractivity (Wildman–Crippen MR) is 116 cm³/mol. The average molecular weight is 384 g/mol. The highest BCUT2D eigenvalue weighted by Gasteiger charge is 2.21. The lowest BCUT2D eigenvalue weighted by atomic mass is 9.90. The number of benzene rings is 2. The fourth-order valence-corrected chi connectivity index (χ4v) is 4.71. The van der Waals surface area contributed by atoms with Gasteiger partial charge in [0.05, 0.1) is 17.9 Å². The first-order chi connectivity index (χ1) is 13.6. The Hall–Kier alpha value is -3.03. The maximum absolute atomic E-state index is 13.0. The van der Waals surface area contributed by atoms with E-state index in [1.807, 2.05) is 61.8 Å². The van der Waals surface area contributed by atoms with E-state index in [4.69, 9.17) is 4.98 Å². The third kappa shape index (κ3) is 2.55. The summed E-state index contributed by atoms with van der Waals surface area (Å²) in [6.07, 6.45) is 3.60. The Kier molecular flexibility index (Phi) is 4.00. The fraction of sp³-hybridized carbons (Fsp3) is 0.0476. The Balaban J connectivity index is 1.71. The highest BCUT2D eigenvalue weighted by Crippen LogP contribution is 2.30. The highest BCUT2D eigenvalue weighted by molar-refractivity contribution is 7.90. The van der Waals surface area contributed by atoms with Gasteiger partial charge in [-0.15, -0.1) is 3.97 Å².